The molecular formula is C21H27N3O4S. The van der Waals surface area contributed by atoms with Gasteiger partial charge in [0, 0.05) is 36.1 Å². The van der Waals surface area contributed by atoms with Gasteiger partial charge in [-0.15, -0.1) is 0 Å². The van der Waals surface area contributed by atoms with Crippen molar-refractivity contribution in [1.82, 2.24) is 14.6 Å². The molecule has 156 valence electrons. The van der Waals surface area contributed by atoms with Crippen molar-refractivity contribution < 1.29 is 13.2 Å². The Kier molecular flexibility index (Phi) is 5.48. The van der Waals surface area contributed by atoms with E-state index in [1.807, 2.05) is 0 Å². The van der Waals surface area contributed by atoms with Gasteiger partial charge in [0.1, 0.15) is 0 Å². The second-order valence-electron chi connectivity index (χ2n) is 8.32. The highest BCUT2D eigenvalue weighted by Gasteiger charge is 2.29. The highest BCUT2D eigenvalue weighted by molar-refractivity contribution is 7.89. The smallest absolute Gasteiger partial charge is 0.252 e. The van der Waals surface area contributed by atoms with Crippen LogP contribution < -0.4 is 10.9 Å². The number of fused-ring (bicyclic) bond motifs is 1. The summed E-state index contributed by atoms with van der Waals surface area (Å²) in [5.41, 5.74) is 0.300. The Morgan fingerprint density at radius 2 is 1.90 bits per heavy atom. The van der Waals surface area contributed by atoms with E-state index in [1.165, 1.54) is 22.5 Å². The van der Waals surface area contributed by atoms with Crippen molar-refractivity contribution in [3.63, 3.8) is 0 Å². The third-order valence-electron chi connectivity index (χ3n) is 6.01. The molecule has 1 aliphatic heterocycles. The number of aromatic amines is 1. The molecule has 0 spiro atoms. The van der Waals surface area contributed by atoms with Crippen LogP contribution in [0.5, 0.6) is 0 Å². The second kappa shape index (κ2) is 7.91. The lowest BCUT2D eigenvalue weighted by atomic mass is 10.0. The number of amides is 1. The van der Waals surface area contributed by atoms with Crippen molar-refractivity contribution in [2.45, 2.75) is 56.4 Å². The zero-order valence-corrected chi connectivity index (χ0v) is 17.4. The number of carbonyl (C=O) groups excluding carboxylic acids is 1. The van der Waals surface area contributed by atoms with E-state index in [-0.39, 0.29) is 28.0 Å². The Hall–Kier alpha value is -2.19. The molecule has 1 aliphatic carbocycles. The largest absolute Gasteiger partial charge is 0.349 e. The molecule has 7 nitrogen and oxygen atoms in total. The zero-order chi connectivity index (χ0) is 20.6. The quantitative estimate of drug-likeness (QED) is 0.799. The normalized spacial score (nSPS) is 21.5. The third kappa shape index (κ3) is 4.09. The van der Waals surface area contributed by atoms with E-state index < -0.39 is 10.0 Å². The Morgan fingerprint density at radius 1 is 1.14 bits per heavy atom. The van der Waals surface area contributed by atoms with Crippen LogP contribution in [0.1, 0.15) is 55.8 Å². The second-order valence-corrected chi connectivity index (χ2v) is 10.3. The summed E-state index contributed by atoms with van der Waals surface area (Å²) < 4.78 is 27.8. The number of sulfonamides is 1. The average Bonchev–Trinajstić information content (AvgIpc) is 3.20. The number of hydrogen-bond acceptors (Lipinski definition) is 4. The van der Waals surface area contributed by atoms with Crippen molar-refractivity contribution in [2.24, 2.45) is 5.92 Å². The van der Waals surface area contributed by atoms with Crippen LogP contribution in [0, 0.1) is 5.92 Å². The van der Waals surface area contributed by atoms with Gasteiger partial charge in [-0.1, -0.05) is 19.8 Å². The fraction of sp³-hybridized carbons (Fsp3) is 0.524. The Balaban J connectivity index is 1.73. The molecule has 0 bridgehead atoms. The first-order valence-electron chi connectivity index (χ1n) is 10.3. The summed E-state index contributed by atoms with van der Waals surface area (Å²) in [4.78, 5) is 27.8. The minimum absolute atomic E-state index is 0.110. The number of benzene rings is 1. The number of nitrogens with zero attached hydrogens (tertiary/aromatic N) is 1. The molecule has 2 N–H and O–H groups in total. The predicted molar refractivity (Wildman–Crippen MR) is 111 cm³/mol. The van der Waals surface area contributed by atoms with Crippen molar-refractivity contribution >= 4 is 26.8 Å². The molecule has 0 radical (unpaired) electrons. The van der Waals surface area contributed by atoms with Gasteiger partial charge < -0.3 is 10.3 Å². The van der Waals surface area contributed by atoms with Gasteiger partial charge in [0.2, 0.25) is 15.6 Å². The molecule has 1 unspecified atom stereocenters. The standard InChI is InChI=1S/C21H27N3O4S/c1-14-5-4-10-24(13-14)29(27,28)16-8-9-19-17(11-16)18(12-20(25)23-19)21(26)22-15-6-2-3-7-15/h8-9,11-12,14-15H,2-7,10,13H2,1H3,(H,22,26)(H,23,25). The molecule has 1 aromatic heterocycles. The number of pyridine rings is 1. The van der Waals surface area contributed by atoms with Crippen LogP contribution in [0.3, 0.4) is 0 Å². The Bertz CT molecular complexity index is 1090. The summed E-state index contributed by atoms with van der Waals surface area (Å²) in [6, 6.07) is 5.96. The van der Waals surface area contributed by atoms with Gasteiger partial charge in [0.05, 0.1) is 10.5 Å². The van der Waals surface area contributed by atoms with E-state index in [1.54, 1.807) is 6.07 Å². The minimum atomic E-state index is -3.65. The number of aromatic nitrogens is 1. The highest BCUT2D eigenvalue weighted by Crippen LogP contribution is 2.27. The van der Waals surface area contributed by atoms with Crippen molar-refractivity contribution in [2.75, 3.05) is 13.1 Å². The summed E-state index contributed by atoms with van der Waals surface area (Å²) in [5.74, 6) is -0.00257. The monoisotopic (exact) mass is 417 g/mol. The van der Waals surface area contributed by atoms with Gasteiger partial charge in [0.15, 0.2) is 0 Å². The molecule has 1 saturated heterocycles. The first-order chi connectivity index (χ1) is 13.8. The molecule has 1 atom stereocenters. The molecule has 1 saturated carbocycles. The summed E-state index contributed by atoms with van der Waals surface area (Å²) in [7, 11) is -3.65. The molecular weight excluding hydrogens is 390 g/mol. The predicted octanol–water partition coefficient (Wildman–Crippen LogP) is 2.62. The van der Waals surface area contributed by atoms with Crippen LogP contribution >= 0.6 is 0 Å². The SMILES string of the molecule is CC1CCCN(S(=O)(=O)c2ccc3[nH]c(=O)cc(C(=O)NC4CCCC4)c3c2)C1. The van der Waals surface area contributed by atoms with Gasteiger partial charge in [-0.3, -0.25) is 9.59 Å². The van der Waals surface area contributed by atoms with Crippen molar-refractivity contribution in [3.8, 4) is 0 Å². The Labute approximate surface area is 170 Å². The van der Waals surface area contributed by atoms with Crippen LogP contribution in [0.4, 0.5) is 0 Å². The topological polar surface area (TPSA) is 99.3 Å². The summed E-state index contributed by atoms with van der Waals surface area (Å²) >= 11 is 0. The number of hydrogen-bond donors (Lipinski definition) is 2. The van der Waals surface area contributed by atoms with Crippen LogP contribution in [0.25, 0.3) is 10.9 Å². The van der Waals surface area contributed by atoms with Gasteiger partial charge in [-0.25, -0.2) is 8.42 Å². The van der Waals surface area contributed by atoms with Gasteiger partial charge in [-0.2, -0.15) is 4.31 Å². The Morgan fingerprint density at radius 3 is 2.62 bits per heavy atom. The maximum absolute atomic E-state index is 13.2. The van der Waals surface area contributed by atoms with Crippen LogP contribution in [-0.2, 0) is 10.0 Å². The first-order valence-corrected chi connectivity index (χ1v) is 11.8. The third-order valence-corrected chi connectivity index (χ3v) is 7.87. The molecule has 2 fully saturated rings. The molecule has 4 rings (SSSR count). The summed E-state index contributed by atoms with van der Waals surface area (Å²) in [6.07, 6.45) is 5.89. The van der Waals surface area contributed by atoms with E-state index in [0.717, 1.165) is 38.5 Å². The number of piperidine rings is 1. The number of nitrogens with one attached hydrogen (secondary N) is 2. The van der Waals surface area contributed by atoms with E-state index >= 15 is 0 Å². The summed E-state index contributed by atoms with van der Waals surface area (Å²) in [5, 5.41) is 3.44. The fourth-order valence-electron chi connectivity index (χ4n) is 4.43. The highest BCUT2D eigenvalue weighted by atomic mass is 32.2. The van der Waals surface area contributed by atoms with E-state index in [4.69, 9.17) is 0 Å². The average molecular weight is 418 g/mol. The lowest BCUT2D eigenvalue weighted by Gasteiger charge is -2.30. The van der Waals surface area contributed by atoms with Crippen LogP contribution in [0.15, 0.2) is 34.0 Å². The van der Waals surface area contributed by atoms with Crippen molar-refractivity contribution in [1.29, 1.82) is 0 Å². The first kappa shape index (κ1) is 20.1. The molecule has 1 aromatic carbocycles. The van der Waals surface area contributed by atoms with Gasteiger partial charge >= 0.3 is 0 Å². The van der Waals surface area contributed by atoms with Gasteiger partial charge in [0.25, 0.3) is 5.91 Å². The van der Waals surface area contributed by atoms with Crippen LogP contribution in [0.2, 0.25) is 0 Å². The van der Waals surface area contributed by atoms with Gasteiger partial charge in [-0.05, 0) is 49.8 Å². The molecule has 2 aromatic rings. The van der Waals surface area contributed by atoms with E-state index in [9.17, 15) is 18.0 Å². The van der Waals surface area contributed by atoms with Crippen LogP contribution in [-0.4, -0.2) is 42.7 Å². The number of H-pyrrole nitrogens is 1. The lowest BCUT2D eigenvalue weighted by Crippen LogP contribution is -2.39. The van der Waals surface area contributed by atoms with Crippen molar-refractivity contribution in [3.05, 3.63) is 40.2 Å². The van der Waals surface area contributed by atoms with E-state index in [2.05, 4.69) is 17.2 Å². The molecule has 1 amide bonds. The maximum Gasteiger partial charge on any atom is 0.252 e. The summed E-state index contributed by atoms with van der Waals surface area (Å²) in [6.45, 7) is 3.06. The minimum Gasteiger partial charge on any atom is -0.349 e. The molecule has 29 heavy (non-hydrogen) atoms. The zero-order valence-electron chi connectivity index (χ0n) is 16.6. The molecule has 8 heteroatoms. The number of rotatable bonds is 4. The number of carbonyl (C=O) groups is 1. The lowest BCUT2D eigenvalue weighted by molar-refractivity contribution is 0.0939. The fourth-order valence-corrected chi connectivity index (χ4v) is 6.05. The molecule has 2 heterocycles. The maximum atomic E-state index is 13.2. The van der Waals surface area contributed by atoms with E-state index in [0.29, 0.717) is 29.9 Å². The molecule has 2 aliphatic rings.